The molecule has 9 nitrogen and oxygen atoms in total. The predicted octanol–water partition coefficient (Wildman–Crippen LogP) is 0.924. The van der Waals surface area contributed by atoms with E-state index in [0.717, 1.165) is 11.1 Å². The van der Waals surface area contributed by atoms with Crippen molar-refractivity contribution < 1.29 is 24.3 Å². The van der Waals surface area contributed by atoms with E-state index < -0.39 is 47.9 Å². The summed E-state index contributed by atoms with van der Waals surface area (Å²) >= 11 is 4.17. The number of nitrogens with two attached hydrogens (primary N) is 1. The van der Waals surface area contributed by atoms with Gasteiger partial charge in [0.05, 0.1) is 6.04 Å². The lowest BCUT2D eigenvalue weighted by molar-refractivity contribution is -0.142. The molecule has 2 rings (SSSR count). The van der Waals surface area contributed by atoms with Gasteiger partial charge in [-0.15, -0.1) is 0 Å². The maximum absolute atomic E-state index is 13.2. The van der Waals surface area contributed by atoms with Gasteiger partial charge in [-0.05, 0) is 17.0 Å². The van der Waals surface area contributed by atoms with Crippen molar-refractivity contribution in [3.05, 3.63) is 71.8 Å². The average Bonchev–Trinajstić information content (AvgIpc) is 2.86. The molecule has 0 bridgehead atoms. The number of carboxylic acids is 1. The average molecular weight is 515 g/mol. The fourth-order valence-corrected chi connectivity index (χ4v) is 3.68. The van der Waals surface area contributed by atoms with Crippen molar-refractivity contribution in [2.24, 2.45) is 11.7 Å². The summed E-state index contributed by atoms with van der Waals surface area (Å²) in [6, 6.07) is 13.9. The first-order chi connectivity index (χ1) is 17.1. The molecule has 10 heteroatoms. The summed E-state index contributed by atoms with van der Waals surface area (Å²) in [7, 11) is 0. The van der Waals surface area contributed by atoms with Crippen LogP contribution in [-0.4, -0.2) is 58.7 Å². The highest BCUT2D eigenvalue weighted by molar-refractivity contribution is 7.80. The number of carboxylic acid groups (broad SMARTS) is 1. The van der Waals surface area contributed by atoms with Gasteiger partial charge in [0.1, 0.15) is 18.1 Å². The molecular weight excluding hydrogens is 480 g/mol. The summed E-state index contributed by atoms with van der Waals surface area (Å²) in [5, 5.41) is 17.3. The fraction of sp³-hybridized carbons (Fsp3) is 0.385. The van der Waals surface area contributed by atoms with E-state index in [1.807, 2.05) is 36.4 Å². The largest absolute Gasteiger partial charge is 0.480 e. The molecule has 0 aliphatic rings. The van der Waals surface area contributed by atoms with Gasteiger partial charge >= 0.3 is 5.97 Å². The highest BCUT2D eigenvalue weighted by Gasteiger charge is 2.30. The van der Waals surface area contributed by atoms with Crippen LogP contribution in [-0.2, 0) is 32.0 Å². The van der Waals surface area contributed by atoms with Crippen molar-refractivity contribution in [1.29, 1.82) is 0 Å². The van der Waals surface area contributed by atoms with Crippen LogP contribution in [0.2, 0.25) is 0 Å². The Hall–Kier alpha value is -3.37. The monoisotopic (exact) mass is 514 g/mol. The highest BCUT2D eigenvalue weighted by atomic mass is 32.1. The van der Waals surface area contributed by atoms with Gasteiger partial charge in [0.15, 0.2) is 0 Å². The molecule has 0 fully saturated rings. The van der Waals surface area contributed by atoms with Crippen LogP contribution in [0, 0.1) is 5.92 Å². The first-order valence-electron chi connectivity index (χ1n) is 11.7. The molecule has 0 aliphatic heterocycles. The molecule has 6 N–H and O–H groups in total. The number of hydrogen-bond donors (Lipinski definition) is 6. The normalized spacial score (nSPS) is 14.2. The Morgan fingerprint density at radius 2 is 1.17 bits per heavy atom. The fourth-order valence-electron chi connectivity index (χ4n) is 3.42. The zero-order valence-corrected chi connectivity index (χ0v) is 21.3. The molecule has 3 amide bonds. The summed E-state index contributed by atoms with van der Waals surface area (Å²) in [5.74, 6) is -3.20. The summed E-state index contributed by atoms with van der Waals surface area (Å²) in [5.41, 5.74) is 7.49. The summed E-state index contributed by atoms with van der Waals surface area (Å²) < 4.78 is 0. The zero-order valence-electron chi connectivity index (χ0n) is 20.4. The zero-order chi connectivity index (χ0) is 26.7. The Morgan fingerprint density at radius 3 is 1.61 bits per heavy atom. The predicted molar refractivity (Wildman–Crippen MR) is 140 cm³/mol. The second-order valence-electron chi connectivity index (χ2n) is 8.85. The summed E-state index contributed by atoms with van der Waals surface area (Å²) in [6.45, 7) is 3.60. The Kier molecular flexibility index (Phi) is 11.4. The van der Waals surface area contributed by atoms with Crippen molar-refractivity contribution in [2.45, 2.75) is 50.9 Å². The number of rotatable bonds is 13. The Balaban J connectivity index is 2.13. The van der Waals surface area contributed by atoms with Crippen molar-refractivity contribution in [1.82, 2.24) is 16.0 Å². The lowest BCUT2D eigenvalue weighted by Gasteiger charge is -2.25. The molecule has 0 spiro atoms. The molecule has 194 valence electrons. The minimum absolute atomic E-state index is 0.0766. The van der Waals surface area contributed by atoms with Crippen LogP contribution in [0.1, 0.15) is 25.0 Å². The SMILES string of the molecule is CC(C)C(N)C(=O)NC(Cc1ccccc1)C(=O)NC(CS)C(=O)NC(Cc1ccccc1)C(=O)O. The van der Waals surface area contributed by atoms with Crippen molar-refractivity contribution in [3.63, 3.8) is 0 Å². The van der Waals surface area contributed by atoms with E-state index in [-0.39, 0.29) is 24.5 Å². The highest BCUT2D eigenvalue weighted by Crippen LogP contribution is 2.07. The van der Waals surface area contributed by atoms with Crippen LogP contribution in [0.3, 0.4) is 0 Å². The first-order valence-corrected chi connectivity index (χ1v) is 12.3. The number of aliphatic carboxylic acids is 1. The van der Waals surface area contributed by atoms with Crippen LogP contribution in [0.15, 0.2) is 60.7 Å². The molecule has 36 heavy (non-hydrogen) atoms. The maximum Gasteiger partial charge on any atom is 0.326 e. The lowest BCUT2D eigenvalue weighted by atomic mass is 10.0. The standard InChI is InChI=1S/C26H34N4O5S/c1-16(2)22(27)25(33)28-19(13-17-9-5-3-6-10-17)23(31)30-21(15-36)24(32)29-20(26(34)35)14-18-11-7-4-8-12-18/h3-12,16,19-22,36H,13-15,27H2,1-2H3,(H,28,33)(H,29,32)(H,30,31)(H,34,35). The van der Waals surface area contributed by atoms with Gasteiger partial charge in [0, 0.05) is 18.6 Å². The number of thiol groups is 1. The molecule has 0 aromatic heterocycles. The molecule has 0 aliphatic carbocycles. The topological polar surface area (TPSA) is 151 Å². The molecule has 0 saturated heterocycles. The van der Waals surface area contributed by atoms with Crippen molar-refractivity contribution in [2.75, 3.05) is 5.75 Å². The minimum atomic E-state index is -1.20. The molecule has 2 aromatic carbocycles. The number of hydrogen-bond acceptors (Lipinski definition) is 6. The Bertz CT molecular complexity index is 1020. The van der Waals surface area contributed by atoms with E-state index >= 15 is 0 Å². The first kappa shape index (κ1) is 28.9. The van der Waals surface area contributed by atoms with E-state index in [1.54, 1.807) is 38.1 Å². The van der Waals surface area contributed by atoms with Gasteiger partial charge < -0.3 is 26.8 Å². The quantitative estimate of drug-likeness (QED) is 0.219. The number of nitrogens with one attached hydrogen (secondary N) is 3. The smallest absolute Gasteiger partial charge is 0.326 e. The van der Waals surface area contributed by atoms with Crippen LogP contribution >= 0.6 is 12.6 Å². The minimum Gasteiger partial charge on any atom is -0.480 e. The number of amides is 3. The molecular formula is C26H34N4O5S. The van der Waals surface area contributed by atoms with E-state index in [4.69, 9.17) is 5.73 Å². The molecule has 4 atom stereocenters. The molecule has 0 saturated carbocycles. The number of carbonyl (C=O) groups is 4. The van der Waals surface area contributed by atoms with E-state index in [9.17, 15) is 24.3 Å². The van der Waals surface area contributed by atoms with Gasteiger partial charge in [-0.1, -0.05) is 74.5 Å². The van der Waals surface area contributed by atoms with Gasteiger partial charge in [-0.2, -0.15) is 12.6 Å². The van der Waals surface area contributed by atoms with E-state index in [2.05, 4.69) is 28.6 Å². The van der Waals surface area contributed by atoms with Gasteiger partial charge in [-0.3, -0.25) is 14.4 Å². The van der Waals surface area contributed by atoms with E-state index in [1.165, 1.54) is 0 Å². The molecule has 2 aromatic rings. The molecule has 4 unspecified atom stereocenters. The second-order valence-corrected chi connectivity index (χ2v) is 9.22. The van der Waals surface area contributed by atoms with Gasteiger partial charge in [-0.25, -0.2) is 4.79 Å². The third kappa shape index (κ3) is 9.01. The van der Waals surface area contributed by atoms with Gasteiger partial charge in [0.2, 0.25) is 17.7 Å². The Morgan fingerprint density at radius 1 is 0.750 bits per heavy atom. The molecule has 0 radical (unpaired) electrons. The second kappa shape index (κ2) is 14.3. The lowest BCUT2D eigenvalue weighted by Crippen LogP contribution is -2.58. The van der Waals surface area contributed by atoms with Gasteiger partial charge in [0.25, 0.3) is 0 Å². The third-order valence-corrected chi connectivity index (χ3v) is 6.01. The summed E-state index contributed by atoms with van der Waals surface area (Å²) in [6.07, 6.45) is 0.255. The van der Waals surface area contributed by atoms with Crippen LogP contribution in [0.5, 0.6) is 0 Å². The summed E-state index contributed by atoms with van der Waals surface area (Å²) in [4.78, 5) is 50.4. The van der Waals surface area contributed by atoms with Crippen LogP contribution < -0.4 is 21.7 Å². The molecule has 0 heterocycles. The van der Waals surface area contributed by atoms with Crippen molar-refractivity contribution >= 4 is 36.3 Å². The van der Waals surface area contributed by atoms with Crippen LogP contribution in [0.25, 0.3) is 0 Å². The number of benzene rings is 2. The van der Waals surface area contributed by atoms with Crippen LogP contribution in [0.4, 0.5) is 0 Å². The van der Waals surface area contributed by atoms with E-state index in [0.29, 0.717) is 0 Å². The van der Waals surface area contributed by atoms with Crippen molar-refractivity contribution in [3.8, 4) is 0 Å². The number of carbonyl (C=O) groups excluding carboxylic acids is 3. The Labute approximate surface area is 216 Å². The maximum atomic E-state index is 13.2. The third-order valence-electron chi connectivity index (χ3n) is 5.65.